The summed E-state index contributed by atoms with van der Waals surface area (Å²) in [5.41, 5.74) is 1.07. The van der Waals surface area contributed by atoms with E-state index in [0.29, 0.717) is 5.01 Å². The predicted molar refractivity (Wildman–Crippen MR) is 94.3 cm³/mol. The molecule has 2 aromatic heterocycles. The third-order valence-electron chi connectivity index (χ3n) is 3.22. The quantitative estimate of drug-likeness (QED) is 0.425. The summed E-state index contributed by atoms with van der Waals surface area (Å²) in [7, 11) is 0. The summed E-state index contributed by atoms with van der Waals surface area (Å²) in [6.07, 6.45) is 3.41. The lowest BCUT2D eigenvalue weighted by molar-refractivity contribution is 0.402. The van der Waals surface area contributed by atoms with E-state index in [0.717, 1.165) is 15.1 Å². The van der Waals surface area contributed by atoms with E-state index in [2.05, 4.69) is 16.0 Å². The summed E-state index contributed by atoms with van der Waals surface area (Å²) in [6, 6.07) is 13.5. The van der Waals surface area contributed by atoms with Crippen LogP contribution < -0.4 is 0 Å². The molecule has 23 heavy (non-hydrogen) atoms. The Morgan fingerprint density at radius 2 is 2.00 bits per heavy atom. The molecule has 1 aromatic carbocycles. The second-order valence-electron chi connectivity index (χ2n) is 4.80. The van der Waals surface area contributed by atoms with Crippen LogP contribution >= 0.6 is 23.1 Å². The molecule has 0 radical (unpaired) electrons. The van der Waals surface area contributed by atoms with Gasteiger partial charge in [-0.3, -0.25) is 4.98 Å². The molecule has 0 aliphatic carbocycles. The van der Waals surface area contributed by atoms with Gasteiger partial charge >= 0.3 is 0 Å². The Hall–Kier alpha value is -2.36. The van der Waals surface area contributed by atoms with Crippen LogP contribution in [0.1, 0.15) is 11.9 Å². The Morgan fingerprint density at radius 3 is 2.70 bits per heavy atom. The molecule has 1 atom stereocenters. The first kappa shape index (κ1) is 15.5. The first-order valence-corrected chi connectivity index (χ1v) is 8.64. The smallest absolute Gasteiger partial charge is 0.138 e. The van der Waals surface area contributed by atoms with Crippen LogP contribution in [-0.4, -0.2) is 20.3 Å². The standard InChI is InChI=1S/C17H13N3OS2/c1-11(22-12-6-8-19-9-7-12)16(21)13(10-18)17-20-14-4-2-3-5-15(14)23-17/h2-9,11,21H,1H3/b16-13-. The minimum Gasteiger partial charge on any atom is -0.510 e. The molecular weight excluding hydrogens is 326 g/mol. The molecule has 0 fully saturated rings. The summed E-state index contributed by atoms with van der Waals surface area (Å²) < 4.78 is 0.998. The summed E-state index contributed by atoms with van der Waals surface area (Å²) in [5.74, 6) is 0.0494. The molecule has 0 spiro atoms. The highest BCUT2D eigenvalue weighted by Gasteiger charge is 2.19. The lowest BCUT2D eigenvalue weighted by Gasteiger charge is -2.11. The number of benzene rings is 1. The molecule has 0 saturated heterocycles. The molecule has 0 amide bonds. The molecule has 0 aliphatic rings. The van der Waals surface area contributed by atoms with E-state index in [4.69, 9.17) is 0 Å². The number of nitrogens with zero attached hydrogens (tertiary/aromatic N) is 3. The van der Waals surface area contributed by atoms with Crippen molar-refractivity contribution in [1.29, 1.82) is 5.26 Å². The second kappa shape index (κ2) is 6.82. The number of pyridine rings is 1. The highest BCUT2D eigenvalue weighted by Crippen LogP contribution is 2.33. The van der Waals surface area contributed by atoms with Crippen LogP contribution in [0.4, 0.5) is 0 Å². The van der Waals surface area contributed by atoms with Crippen molar-refractivity contribution >= 4 is 38.9 Å². The van der Waals surface area contributed by atoms with Crippen molar-refractivity contribution in [3.63, 3.8) is 0 Å². The average molecular weight is 339 g/mol. The first-order chi connectivity index (χ1) is 11.2. The molecule has 3 rings (SSSR count). The van der Waals surface area contributed by atoms with Crippen molar-refractivity contribution in [1.82, 2.24) is 9.97 Å². The van der Waals surface area contributed by atoms with Crippen molar-refractivity contribution in [3.8, 4) is 6.07 Å². The van der Waals surface area contributed by atoms with Crippen molar-refractivity contribution < 1.29 is 5.11 Å². The highest BCUT2D eigenvalue weighted by atomic mass is 32.2. The minimum absolute atomic E-state index is 0.0494. The number of hydrogen-bond acceptors (Lipinski definition) is 6. The molecular formula is C17H13N3OS2. The molecule has 4 nitrogen and oxygen atoms in total. The van der Waals surface area contributed by atoms with Gasteiger partial charge in [0.15, 0.2) is 0 Å². The Balaban J connectivity index is 1.94. The van der Waals surface area contributed by atoms with Gasteiger partial charge in [-0.15, -0.1) is 23.1 Å². The van der Waals surface area contributed by atoms with E-state index in [9.17, 15) is 10.4 Å². The molecule has 0 aliphatic heterocycles. The van der Waals surface area contributed by atoms with Crippen LogP contribution in [0.5, 0.6) is 0 Å². The minimum atomic E-state index is -0.251. The Kier molecular flexibility index (Phi) is 4.60. The fourth-order valence-electron chi connectivity index (χ4n) is 2.07. The molecule has 1 N–H and O–H groups in total. The fraction of sp³-hybridized carbons (Fsp3) is 0.118. The number of aromatic nitrogens is 2. The van der Waals surface area contributed by atoms with Gasteiger partial charge in [-0.05, 0) is 31.2 Å². The van der Waals surface area contributed by atoms with E-state index in [1.165, 1.54) is 23.1 Å². The van der Waals surface area contributed by atoms with Gasteiger partial charge in [-0.2, -0.15) is 5.26 Å². The van der Waals surface area contributed by atoms with Crippen molar-refractivity contribution in [3.05, 3.63) is 59.6 Å². The topological polar surface area (TPSA) is 69.8 Å². The van der Waals surface area contributed by atoms with E-state index in [1.807, 2.05) is 43.3 Å². The largest absolute Gasteiger partial charge is 0.510 e. The van der Waals surface area contributed by atoms with Crippen LogP contribution in [0.15, 0.2) is 59.4 Å². The first-order valence-electron chi connectivity index (χ1n) is 6.95. The zero-order valence-electron chi connectivity index (χ0n) is 12.3. The fourth-order valence-corrected chi connectivity index (χ4v) is 3.96. The Labute approximate surface area is 142 Å². The van der Waals surface area contributed by atoms with Crippen LogP contribution in [0, 0.1) is 11.3 Å². The van der Waals surface area contributed by atoms with Crippen LogP contribution in [0.2, 0.25) is 0 Å². The number of para-hydroxylation sites is 1. The van der Waals surface area contributed by atoms with Gasteiger partial charge in [-0.1, -0.05) is 12.1 Å². The predicted octanol–water partition coefficient (Wildman–Crippen LogP) is 4.66. The van der Waals surface area contributed by atoms with Gasteiger partial charge in [0.2, 0.25) is 0 Å². The van der Waals surface area contributed by atoms with Crippen molar-refractivity contribution in [2.24, 2.45) is 0 Å². The number of aliphatic hydroxyl groups is 1. The number of nitriles is 1. The van der Waals surface area contributed by atoms with Gasteiger partial charge in [0.25, 0.3) is 0 Å². The number of fused-ring (bicyclic) bond motifs is 1. The van der Waals surface area contributed by atoms with Crippen molar-refractivity contribution in [2.45, 2.75) is 17.1 Å². The lowest BCUT2D eigenvalue weighted by Crippen LogP contribution is -2.03. The normalized spacial score (nSPS) is 13.4. The summed E-state index contributed by atoms with van der Waals surface area (Å²) in [6.45, 7) is 1.87. The van der Waals surface area contributed by atoms with Crippen molar-refractivity contribution in [2.75, 3.05) is 0 Å². The van der Waals surface area contributed by atoms with Crippen LogP contribution in [0.25, 0.3) is 15.8 Å². The summed E-state index contributed by atoms with van der Waals surface area (Å²) in [4.78, 5) is 9.41. The molecule has 114 valence electrons. The highest BCUT2D eigenvalue weighted by molar-refractivity contribution is 8.00. The SMILES string of the molecule is CC(Sc1ccncc1)/C(O)=C(\C#N)c1nc2ccccc2s1. The zero-order valence-corrected chi connectivity index (χ0v) is 13.9. The number of rotatable bonds is 4. The molecule has 1 unspecified atom stereocenters. The molecule has 3 aromatic rings. The molecule has 6 heteroatoms. The van der Waals surface area contributed by atoms with Gasteiger partial charge in [0.05, 0.1) is 15.5 Å². The summed E-state index contributed by atoms with van der Waals surface area (Å²) >= 11 is 2.89. The maximum atomic E-state index is 10.5. The van der Waals surface area contributed by atoms with Gasteiger partial charge in [-0.25, -0.2) is 4.98 Å². The molecule has 2 heterocycles. The summed E-state index contributed by atoms with van der Waals surface area (Å²) in [5, 5.41) is 20.3. The average Bonchev–Trinajstić information content (AvgIpc) is 3.00. The molecule has 0 bridgehead atoms. The van der Waals surface area contributed by atoms with E-state index in [1.54, 1.807) is 12.4 Å². The number of aliphatic hydroxyl groups excluding tert-OH is 1. The third kappa shape index (κ3) is 3.36. The van der Waals surface area contributed by atoms with E-state index >= 15 is 0 Å². The van der Waals surface area contributed by atoms with Crippen LogP contribution in [0.3, 0.4) is 0 Å². The lowest BCUT2D eigenvalue weighted by atomic mass is 10.2. The van der Waals surface area contributed by atoms with E-state index in [-0.39, 0.29) is 16.6 Å². The number of thiazole rings is 1. The number of allylic oxidation sites excluding steroid dienone is 1. The third-order valence-corrected chi connectivity index (χ3v) is 5.40. The number of thioether (sulfide) groups is 1. The maximum absolute atomic E-state index is 10.5. The zero-order chi connectivity index (χ0) is 16.2. The molecule has 0 saturated carbocycles. The van der Waals surface area contributed by atoms with Gasteiger partial charge < -0.3 is 5.11 Å². The van der Waals surface area contributed by atoms with Gasteiger partial charge in [0.1, 0.15) is 22.4 Å². The van der Waals surface area contributed by atoms with Crippen LogP contribution in [-0.2, 0) is 0 Å². The Morgan fingerprint density at radius 1 is 1.26 bits per heavy atom. The maximum Gasteiger partial charge on any atom is 0.138 e. The monoisotopic (exact) mass is 339 g/mol. The second-order valence-corrected chi connectivity index (χ2v) is 7.25. The number of hydrogen-bond donors (Lipinski definition) is 1. The van der Waals surface area contributed by atoms with Gasteiger partial charge in [0, 0.05) is 17.3 Å². The van der Waals surface area contributed by atoms with E-state index < -0.39 is 0 Å². The Bertz CT molecular complexity index is 864.